The molecule has 14 heteroatoms. The van der Waals surface area contributed by atoms with Crippen molar-refractivity contribution in [2.24, 2.45) is 0 Å². The maximum Gasteiger partial charge on any atom is 0.326 e. The van der Waals surface area contributed by atoms with Crippen molar-refractivity contribution in [2.75, 3.05) is 20.1 Å². The van der Waals surface area contributed by atoms with Gasteiger partial charge in [0.05, 0.1) is 0 Å². The van der Waals surface area contributed by atoms with Gasteiger partial charge in [-0.2, -0.15) is 0 Å². The molecule has 2 rings (SSSR count). The summed E-state index contributed by atoms with van der Waals surface area (Å²) in [6.45, 7) is 1.06. The fraction of sp³-hybridized carbons (Fsp3) is 0.500. The topological polar surface area (TPSA) is 223 Å². The number of rotatable bonds is 22. The van der Waals surface area contributed by atoms with Crippen LogP contribution in [0.5, 0.6) is 0 Å². The lowest BCUT2D eigenvalue weighted by molar-refractivity contribution is -0.141. The average Bonchev–Trinajstić information content (AvgIpc) is 3.01. The van der Waals surface area contributed by atoms with Crippen LogP contribution in [0.25, 0.3) is 10.8 Å². The average molecular weight is 644 g/mol. The van der Waals surface area contributed by atoms with Crippen LogP contribution in [0.4, 0.5) is 4.79 Å². The molecule has 0 spiro atoms. The first-order chi connectivity index (χ1) is 22.0. The number of urea groups is 1. The Balaban J connectivity index is 1.91. The molecule has 2 aromatic carbocycles. The van der Waals surface area contributed by atoms with E-state index < -0.39 is 48.5 Å². The van der Waals surface area contributed by atoms with E-state index in [1.54, 1.807) is 0 Å². The third kappa shape index (κ3) is 14.4. The van der Waals surface area contributed by atoms with Gasteiger partial charge in [-0.3, -0.25) is 14.4 Å². The molecule has 0 aliphatic rings. The molecule has 0 saturated carbocycles. The Kier molecular flexibility index (Phi) is 16.6. The third-order valence-electron chi connectivity index (χ3n) is 7.31. The number of benzene rings is 2. The highest BCUT2D eigenvalue weighted by Gasteiger charge is 2.25. The number of carbonyl (C=O) groups is 6. The van der Waals surface area contributed by atoms with Gasteiger partial charge in [-0.15, -0.1) is 0 Å². The monoisotopic (exact) mass is 643 g/mol. The molecule has 46 heavy (non-hydrogen) atoms. The molecule has 3 atom stereocenters. The summed E-state index contributed by atoms with van der Waals surface area (Å²) in [5.74, 6) is -4.60. The van der Waals surface area contributed by atoms with E-state index in [2.05, 4.69) is 26.6 Å². The minimum atomic E-state index is -1.50. The van der Waals surface area contributed by atoms with Crippen LogP contribution in [0.15, 0.2) is 42.5 Å². The standard InChI is InChI=1S/C32H45N5O9/c1-33-17-7-2-3-12-27(38)35-26(20-21-13-14-22-9-4-5-10-23(22)19-21)29(41)34-18-8-6-11-24(30(42)43)36-32(46)37-25(31(44)45)15-16-28(39)40/h4-5,9-10,13-14,19,24-26,33H,2-3,6-8,11-12,15-18,20H2,1H3,(H,34,41)(H,35,38)(H,39,40)(H,42,43)(H,44,45)(H2,36,37,46)/t24-,25?,26?/m0/s1. The molecular formula is C32H45N5O9. The Morgan fingerprint density at radius 1 is 0.674 bits per heavy atom. The zero-order chi connectivity index (χ0) is 33.9. The molecule has 2 aromatic rings. The van der Waals surface area contributed by atoms with Gasteiger partial charge in [0.1, 0.15) is 18.1 Å². The van der Waals surface area contributed by atoms with Crippen LogP contribution in [-0.4, -0.2) is 89.3 Å². The molecule has 0 heterocycles. The highest BCUT2D eigenvalue weighted by atomic mass is 16.4. The first kappa shape index (κ1) is 37.5. The zero-order valence-corrected chi connectivity index (χ0v) is 26.0. The van der Waals surface area contributed by atoms with Gasteiger partial charge in [0.15, 0.2) is 0 Å². The molecule has 0 bridgehead atoms. The molecule has 0 fully saturated rings. The largest absolute Gasteiger partial charge is 0.481 e. The molecule has 0 saturated heterocycles. The highest BCUT2D eigenvalue weighted by molar-refractivity contribution is 5.89. The second-order valence-corrected chi connectivity index (χ2v) is 11.0. The lowest BCUT2D eigenvalue weighted by Crippen LogP contribution is -2.51. The van der Waals surface area contributed by atoms with E-state index in [1.165, 1.54) is 0 Å². The van der Waals surface area contributed by atoms with Crippen LogP contribution in [-0.2, 0) is 30.4 Å². The summed E-state index contributed by atoms with van der Waals surface area (Å²) in [6.07, 6.45) is 2.93. The van der Waals surface area contributed by atoms with Gasteiger partial charge in [0, 0.05) is 25.8 Å². The minimum Gasteiger partial charge on any atom is -0.481 e. The van der Waals surface area contributed by atoms with Crippen molar-refractivity contribution in [3.8, 4) is 0 Å². The van der Waals surface area contributed by atoms with Gasteiger partial charge in [-0.05, 0) is 68.5 Å². The molecule has 252 valence electrons. The Morgan fingerprint density at radius 3 is 1.98 bits per heavy atom. The van der Waals surface area contributed by atoms with Crippen LogP contribution in [0.2, 0.25) is 0 Å². The minimum absolute atomic E-state index is 0.00368. The predicted molar refractivity (Wildman–Crippen MR) is 170 cm³/mol. The van der Waals surface area contributed by atoms with E-state index >= 15 is 0 Å². The second-order valence-electron chi connectivity index (χ2n) is 11.0. The third-order valence-corrected chi connectivity index (χ3v) is 7.31. The van der Waals surface area contributed by atoms with Crippen LogP contribution in [0, 0.1) is 0 Å². The number of hydrogen-bond acceptors (Lipinski definition) is 7. The molecule has 0 aromatic heterocycles. The molecule has 0 aliphatic carbocycles. The molecule has 0 radical (unpaired) electrons. The number of carboxylic acids is 3. The van der Waals surface area contributed by atoms with Crippen molar-refractivity contribution in [2.45, 2.75) is 82.3 Å². The summed E-state index contributed by atoms with van der Waals surface area (Å²) in [5, 5.41) is 42.5. The van der Waals surface area contributed by atoms with Crippen molar-refractivity contribution in [3.63, 3.8) is 0 Å². The summed E-state index contributed by atoms with van der Waals surface area (Å²) < 4.78 is 0. The number of aliphatic carboxylic acids is 3. The molecular weight excluding hydrogens is 598 g/mol. The summed E-state index contributed by atoms with van der Waals surface area (Å²) in [4.78, 5) is 71.8. The van der Waals surface area contributed by atoms with Gasteiger partial charge in [0.25, 0.3) is 0 Å². The maximum atomic E-state index is 13.2. The summed E-state index contributed by atoms with van der Waals surface area (Å²) in [7, 11) is 1.87. The van der Waals surface area contributed by atoms with Gasteiger partial charge in [-0.25, -0.2) is 14.4 Å². The molecule has 0 aliphatic heterocycles. The van der Waals surface area contributed by atoms with Gasteiger partial charge >= 0.3 is 23.9 Å². The SMILES string of the molecule is CNCCCCCC(=O)NC(Cc1ccc2ccccc2c1)C(=O)NCCCC[C@H](NC(=O)NC(CCC(=O)O)C(=O)O)C(=O)O. The first-order valence-electron chi connectivity index (χ1n) is 15.4. The van der Waals surface area contributed by atoms with Crippen LogP contribution < -0.4 is 26.6 Å². The smallest absolute Gasteiger partial charge is 0.326 e. The van der Waals surface area contributed by atoms with E-state index in [0.29, 0.717) is 25.7 Å². The zero-order valence-electron chi connectivity index (χ0n) is 26.0. The molecule has 4 amide bonds. The van der Waals surface area contributed by atoms with E-state index in [4.69, 9.17) is 5.11 Å². The molecule has 8 N–H and O–H groups in total. The van der Waals surface area contributed by atoms with E-state index in [0.717, 1.165) is 35.7 Å². The number of carboxylic acid groups (broad SMARTS) is 3. The Labute approximate surface area is 267 Å². The second kappa shape index (κ2) is 20.3. The maximum absolute atomic E-state index is 13.2. The van der Waals surface area contributed by atoms with Crippen LogP contribution >= 0.6 is 0 Å². The molecule has 2 unspecified atom stereocenters. The van der Waals surface area contributed by atoms with Gasteiger partial charge in [0.2, 0.25) is 11.8 Å². The lowest BCUT2D eigenvalue weighted by Gasteiger charge is -2.20. The number of carbonyl (C=O) groups excluding carboxylic acids is 3. The fourth-order valence-corrected chi connectivity index (χ4v) is 4.79. The van der Waals surface area contributed by atoms with Crippen molar-refractivity contribution in [3.05, 3.63) is 48.0 Å². The Bertz CT molecular complexity index is 1340. The Hall–Kier alpha value is -4.72. The first-order valence-corrected chi connectivity index (χ1v) is 15.4. The summed E-state index contributed by atoms with van der Waals surface area (Å²) in [5.41, 5.74) is 0.884. The molecule has 14 nitrogen and oxygen atoms in total. The summed E-state index contributed by atoms with van der Waals surface area (Å²) in [6, 6.07) is 9.02. The van der Waals surface area contributed by atoms with Crippen LogP contribution in [0.1, 0.15) is 63.4 Å². The number of hydrogen-bond donors (Lipinski definition) is 8. The van der Waals surface area contributed by atoms with E-state index in [1.807, 2.05) is 49.5 Å². The van der Waals surface area contributed by atoms with Crippen molar-refractivity contribution in [1.29, 1.82) is 0 Å². The quantitative estimate of drug-likeness (QED) is 0.0872. The van der Waals surface area contributed by atoms with E-state index in [-0.39, 0.29) is 37.6 Å². The number of fused-ring (bicyclic) bond motifs is 1. The predicted octanol–water partition coefficient (Wildman–Crippen LogP) is 2.00. The van der Waals surface area contributed by atoms with Gasteiger partial charge < -0.3 is 41.9 Å². The van der Waals surface area contributed by atoms with Crippen molar-refractivity contribution in [1.82, 2.24) is 26.6 Å². The van der Waals surface area contributed by atoms with Crippen LogP contribution in [0.3, 0.4) is 0 Å². The number of amides is 4. The lowest BCUT2D eigenvalue weighted by atomic mass is 10.0. The van der Waals surface area contributed by atoms with Crippen molar-refractivity contribution < 1.29 is 44.1 Å². The summed E-state index contributed by atoms with van der Waals surface area (Å²) >= 11 is 0. The van der Waals surface area contributed by atoms with Crippen molar-refractivity contribution >= 4 is 46.5 Å². The Morgan fingerprint density at radius 2 is 1.33 bits per heavy atom. The fourth-order valence-electron chi connectivity index (χ4n) is 4.79. The normalized spacial score (nSPS) is 12.8. The number of nitrogens with one attached hydrogen (secondary N) is 5. The van der Waals surface area contributed by atoms with Gasteiger partial charge in [-0.1, -0.05) is 48.9 Å². The number of unbranched alkanes of at least 4 members (excludes halogenated alkanes) is 3. The highest BCUT2D eigenvalue weighted by Crippen LogP contribution is 2.17. The van der Waals surface area contributed by atoms with E-state index in [9.17, 15) is 39.0 Å².